The quantitative estimate of drug-likeness (QED) is 0.613. The first kappa shape index (κ1) is 12.8. The molecule has 0 aliphatic heterocycles. The summed E-state index contributed by atoms with van der Waals surface area (Å²) in [6, 6.07) is 15.8. The van der Waals surface area contributed by atoms with E-state index in [1.807, 2.05) is 42.5 Å². The van der Waals surface area contributed by atoms with Crippen molar-refractivity contribution < 1.29 is 4.84 Å². The van der Waals surface area contributed by atoms with Gasteiger partial charge in [-0.1, -0.05) is 57.5 Å². The van der Waals surface area contributed by atoms with Gasteiger partial charge in [-0.2, -0.15) is 0 Å². The maximum atomic E-state index is 5.24. The fourth-order valence-electron chi connectivity index (χ4n) is 1.48. The lowest BCUT2D eigenvalue weighted by atomic mass is 10.1. The first-order chi connectivity index (χ1) is 8.75. The Morgan fingerprint density at radius 2 is 1.83 bits per heavy atom. The van der Waals surface area contributed by atoms with E-state index in [0.29, 0.717) is 6.61 Å². The number of aryl methyl sites for hydroxylation is 1. The van der Waals surface area contributed by atoms with Crippen molar-refractivity contribution in [1.29, 1.82) is 0 Å². The van der Waals surface area contributed by atoms with Crippen LogP contribution < -0.4 is 0 Å². The van der Waals surface area contributed by atoms with Gasteiger partial charge in [0.15, 0.2) is 0 Å². The van der Waals surface area contributed by atoms with E-state index in [2.05, 4.69) is 40.3 Å². The third-order valence-corrected chi connectivity index (χ3v) is 3.09. The van der Waals surface area contributed by atoms with Gasteiger partial charge in [0.25, 0.3) is 0 Å². The molecular weight excluding hydrogens is 290 g/mol. The largest absolute Gasteiger partial charge is 0.390 e. The number of hydrogen-bond acceptors (Lipinski definition) is 2. The second-order valence-corrected chi connectivity index (χ2v) is 4.83. The van der Waals surface area contributed by atoms with E-state index < -0.39 is 0 Å². The fraction of sp³-hybridized carbons (Fsp3) is 0.133. The molecule has 0 aromatic heterocycles. The van der Waals surface area contributed by atoms with Crippen molar-refractivity contribution in [2.24, 2.45) is 5.16 Å². The number of benzene rings is 2. The minimum atomic E-state index is 0.468. The van der Waals surface area contributed by atoms with Crippen LogP contribution >= 0.6 is 15.9 Å². The summed E-state index contributed by atoms with van der Waals surface area (Å²) in [7, 11) is 0. The smallest absolute Gasteiger partial charge is 0.142 e. The molecule has 2 rings (SSSR count). The summed E-state index contributed by atoms with van der Waals surface area (Å²) in [5, 5.41) is 3.84. The van der Waals surface area contributed by atoms with Gasteiger partial charge in [-0.3, -0.25) is 0 Å². The number of nitrogens with zero attached hydrogens (tertiary/aromatic N) is 1. The van der Waals surface area contributed by atoms with E-state index in [4.69, 9.17) is 4.84 Å². The van der Waals surface area contributed by atoms with Crippen LogP contribution in [0.4, 0.5) is 0 Å². The Labute approximate surface area is 115 Å². The van der Waals surface area contributed by atoms with E-state index in [9.17, 15) is 0 Å². The Kier molecular flexibility index (Phi) is 4.53. The first-order valence-corrected chi connectivity index (χ1v) is 6.43. The molecule has 0 spiro atoms. The van der Waals surface area contributed by atoms with Gasteiger partial charge >= 0.3 is 0 Å². The van der Waals surface area contributed by atoms with Crippen LogP contribution in [0, 0.1) is 6.92 Å². The molecule has 0 N–H and O–H groups in total. The molecule has 0 bridgehead atoms. The number of halogens is 1. The van der Waals surface area contributed by atoms with Gasteiger partial charge in [-0.05, 0) is 30.2 Å². The van der Waals surface area contributed by atoms with Gasteiger partial charge in [0.2, 0.25) is 0 Å². The lowest BCUT2D eigenvalue weighted by molar-refractivity contribution is 0.131. The number of hydrogen-bond donors (Lipinski definition) is 0. The highest BCUT2D eigenvalue weighted by atomic mass is 79.9. The molecule has 0 saturated heterocycles. The second kappa shape index (κ2) is 6.36. The lowest BCUT2D eigenvalue weighted by Crippen LogP contribution is -1.91. The van der Waals surface area contributed by atoms with E-state index in [-0.39, 0.29) is 0 Å². The number of rotatable bonds is 4. The molecule has 0 amide bonds. The van der Waals surface area contributed by atoms with Crippen molar-refractivity contribution >= 4 is 22.1 Å². The van der Waals surface area contributed by atoms with Crippen LogP contribution in [0.5, 0.6) is 0 Å². The third kappa shape index (κ3) is 3.70. The highest BCUT2D eigenvalue weighted by Gasteiger charge is 1.96. The molecule has 2 aromatic carbocycles. The van der Waals surface area contributed by atoms with E-state index >= 15 is 0 Å². The zero-order chi connectivity index (χ0) is 12.8. The minimum absolute atomic E-state index is 0.468. The van der Waals surface area contributed by atoms with Gasteiger partial charge in [0.1, 0.15) is 12.8 Å². The zero-order valence-electron chi connectivity index (χ0n) is 10.1. The molecule has 18 heavy (non-hydrogen) atoms. The van der Waals surface area contributed by atoms with Crippen LogP contribution in [-0.2, 0) is 11.4 Å². The molecule has 0 fully saturated rings. The standard InChI is InChI=1S/C15H13BrNO/c1-12-4-2-3-5-14(12)11-18-17-10-13-6-8-15(16)9-7-13/h2-9H,11H2,1H3. The summed E-state index contributed by atoms with van der Waals surface area (Å²) in [5.41, 5.74) is 3.23. The third-order valence-electron chi connectivity index (χ3n) is 2.56. The van der Waals surface area contributed by atoms with Crippen LogP contribution in [-0.4, -0.2) is 6.21 Å². The summed E-state index contributed by atoms with van der Waals surface area (Å²) in [5.74, 6) is 0. The topological polar surface area (TPSA) is 21.6 Å². The Bertz CT molecular complexity index is 534. The Morgan fingerprint density at radius 3 is 2.56 bits per heavy atom. The van der Waals surface area contributed by atoms with Gasteiger partial charge < -0.3 is 4.84 Å². The average Bonchev–Trinajstić information content (AvgIpc) is 2.39. The lowest BCUT2D eigenvalue weighted by Gasteiger charge is -2.02. The first-order valence-electron chi connectivity index (χ1n) is 5.64. The summed E-state index contributed by atoms with van der Waals surface area (Å²) in [6.45, 7) is 2.52. The Morgan fingerprint density at radius 1 is 1.11 bits per heavy atom. The normalized spacial score (nSPS) is 10.8. The maximum Gasteiger partial charge on any atom is 0.142 e. The van der Waals surface area contributed by atoms with Crippen molar-refractivity contribution in [2.75, 3.05) is 0 Å². The summed E-state index contributed by atoms with van der Waals surface area (Å²) in [6.07, 6.45) is 2.84. The highest BCUT2D eigenvalue weighted by Crippen LogP contribution is 2.10. The molecule has 91 valence electrons. The van der Waals surface area contributed by atoms with E-state index in [1.165, 1.54) is 5.56 Å². The van der Waals surface area contributed by atoms with Crippen molar-refractivity contribution in [1.82, 2.24) is 0 Å². The fourth-order valence-corrected chi connectivity index (χ4v) is 1.75. The van der Waals surface area contributed by atoms with Crippen LogP contribution in [0.3, 0.4) is 0 Å². The van der Waals surface area contributed by atoms with Crippen LogP contribution in [0.1, 0.15) is 16.7 Å². The predicted molar refractivity (Wildman–Crippen MR) is 76.6 cm³/mol. The summed E-state index contributed by atoms with van der Waals surface area (Å²) >= 11 is 3.38. The summed E-state index contributed by atoms with van der Waals surface area (Å²) < 4.78 is 1.04. The Hall–Kier alpha value is -1.61. The van der Waals surface area contributed by atoms with Gasteiger partial charge in [0, 0.05) is 10.0 Å². The highest BCUT2D eigenvalue weighted by molar-refractivity contribution is 9.10. The molecule has 0 heterocycles. The van der Waals surface area contributed by atoms with Gasteiger partial charge in [-0.25, -0.2) is 0 Å². The van der Waals surface area contributed by atoms with Crippen LogP contribution in [0.2, 0.25) is 0 Å². The molecule has 2 aromatic rings. The molecule has 0 saturated carbocycles. The molecule has 1 radical (unpaired) electrons. The molecule has 3 heteroatoms. The molecule has 0 unspecified atom stereocenters. The minimum Gasteiger partial charge on any atom is -0.390 e. The molecule has 0 atom stereocenters. The Balaban J connectivity index is 1.89. The van der Waals surface area contributed by atoms with Crippen molar-refractivity contribution in [3.63, 3.8) is 0 Å². The van der Waals surface area contributed by atoms with Crippen molar-refractivity contribution in [3.8, 4) is 0 Å². The second-order valence-electron chi connectivity index (χ2n) is 3.91. The SMILES string of the molecule is Cc1ccccc1CO/N=[C]\c1ccc(Br)cc1. The monoisotopic (exact) mass is 302 g/mol. The average molecular weight is 303 g/mol. The van der Waals surface area contributed by atoms with Crippen LogP contribution in [0.25, 0.3) is 0 Å². The summed E-state index contributed by atoms with van der Waals surface area (Å²) in [4.78, 5) is 5.24. The van der Waals surface area contributed by atoms with Gasteiger partial charge in [0.05, 0.1) is 0 Å². The molecule has 0 aliphatic carbocycles. The van der Waals surface area contributed by atoms with E-state index in [0.717, 1.165) is 15.6 Å². The maximum absolute atomic E-state index is 5.24. The molecule has 0 aliphatic rings. The van der Waals surface area contributed by atoms with E-state index in [1.54, 1.807) is 0 Å². The van der Waals surface area contributed by atoms with Gasteiger partial charge in [-0.15, -0.1) is 0 Å². The van der Waals surface area contributed by atoms with Crippen molar-refractivity contribution in [3.05, 3.63) is 69.7 Å². The zero-order valence-corrected chi connectivity index (χ0v) is 11.6. The van der Waals surface area contributed by atoms with Crippen LogP contribution in [0.15, 0.2) is 58.2 Å². The molecule has 2 nitrogen and oxygen atoms in total. The molecular formula is C15H13BrNO. The predicted octanol–water partition coefficient (Wildman–Crippen LogP) is 4.19. The van der Waals surface area contributed by atoms with Crippen molar-refractivity contribution in [2.45, 2.75) is 13.5 Å².